The number of benzene rings is 1. The van der Waals surface area contributed by atoms with Crippen LogP contribution in [0.4, 0.5) is 27.6 Å². The molecule has 38 heavy (non-hydrogen) atoms. The normalized spacial score (nSPS) is 23.5. The first-order valence-electron chi connectivity index (χ1n) is 11.9. The molecule has 3 amide bonds. The minimum absolute atomic E-state index is 0.0444. The number of rotatable bonds is 8. The fourth-order valence-electron chi connectivity index (χ4n) is 5.38. The van der Waals surface area contributed by atoms with Gasteiger partial charge in [0.05, 0.1) is 5.56 Å². The molecule has 2 unspecified atom stereocenters. The van der Waals surface area contributed by atoms with E-state index in [0.717, 1.165) is 6.42 Å². The van der Waals surface area contributed by atoms with Crippen molar-refractivity contribution in [3.8, 4) is 0 Å². The van der Waals surface area contributed by atoms with Gasteiger partial charge in [0, 0.05) is 43.4 Å². The Balaban J connectivity index is 1.42. The Morgan fingerprint density at radius 3 is 2.16 bits per heavy atom. The van der Waals surface area contributed by atoms with E-state index in [0.29, 0.717) is 30.4 Å². The highest BCUT2D eigenvalue weighted by molar-refractivity contribution is 6.44. The lowest BCUT2D eigenvalue weighted by Crippen LogP contribution is -2.69. The maximum atomic E-state index is 13.6. The Morgan fingerprint density at radius 2 is 1.66 bits per heavy atom. The highest BCUT2D eigenvalue weighted by Crippen LogP contribution is 2.69. The molecule has 3 aliphatic carbocycles. The molecule has 2 aromatic rings. The number of halogens is 5. The van der Waals surface area contributed by atoms with Crippen LogP contribution < -0.4 is 16.0 Å². The van der Waals surface area contributed by atoms with Crippen molar-refractivity contribution in [1.29, 1.82) is 0 Å². The topological polar surface area (TPSA) is 120 Å². The summed E-state index contributed by atoms with van der Waals surface area (Å²) < 4.78 is 67.7. The monoisotopic (exact) mass is 538 g/mol. The van der Waals surface area contributed by atoms with Gasteiger partial charge in [-0.3, -0.25) is 19.2 Å². The number of likely N-dealkylation sites (N-methyl/N-ethyl adjacent to an activating group) is 1. The first kappa shape index (κ1) is 25.9. The summed E-state index contributed by atoms with van der Waals surface area (Å²) in [4.78, 5) is 54.2. The molecule has 4 N–H and O–H groups in total. The van der Waals surface area contributed by atoms with Crippen LogP contribution in [0.3, 0.4) is 0 Å². The Kier molecular flexibility index (Phi) is 5.88. The average molecular weight is 538 g/mol. The lowest BCUT2D eigenvalue weighted by Gasteiger charge is -2.45. The summed E-state index contributed by atoms with van der Waals surface area (Å²) in [5.74, 6) is -10.9. The van der Waals surface area contributed by atoms with Gasteiger partial charge in [0.2, 0.25) is 5.91 Å². The Bertz CT molecular complexity index is 1370. The number of nitrogens with one attached hydrogen (secondary N) is 4. The number of carbonyl (C=O) groups is 4. The smallest absolute Gasteiger partial charge is 0.293 e. The molecule has 5 rings (SSSR count). The molecule has 0 bridgehead atoms. The zero-order chi connectivity index (χ0) is 27.7. The minimum atomic E-state index is -3.18. The van der Waals surface area contributed by atoms with Gasteiger partial charge in [0.25, 0.3) is 23.5 Å². The molecule has 0 aliphatic heterocycles. The van der Waals surface area contributed by atoms with Crippen molar-refractivity contribution < 1.29 is 41.1 Å². The predicted molar refractivity (Wildman–Crippen MR) is 122 cm³/mol. The molecule has 1 aromatic carbocycles. The summed E-state index contributed by atoms with van der Waals surface area (Å²) in [5.41, 5.74) is -2.34. The number of hydrogen-bond acceptors (Lipinski definition) is 4. The van der Waals surface area contributed by atoms with Gasteiger partial charge >= 0.3 is 0 Å². The van der Waals surface area contributed by atoms with Gasteiger partial charge < -0.3 is 20.9 Å². The van der Waals surface area contributed by atoms with Gasteiger partial charge in [-0.15, -0.1) is 0 Å². The number of amides is 3. The van der Waals surface area contributed by atoms with Gasteiger partial charge in [-0.05, 0) is 43.1 Å². The van der Waals surface area contributed by atoms with Crippen molar-refractivity contribution in [2.24, 2.45) is 17.8 Å². The molecule has 1 aromatic heterocycles. The number of anilines is 1. The summed E-state index contributed by atoms with van der Waals surface area (Å²) in [6.07, 6.45) is -0.550. The molecule has 1 heterocycles. The summed E-state index contributed by atoms with van der Waals surface area (Å²) in [5, 5.41) is 6.60. The van der Waals surface area contributed by atoms with Crippen LogP contribution in [0.2, 0.25) is 0 Å². The van der Waals surface area contributed by atoms with Crippen LogP contribution in [-0.4, -0.2) is 47.0 Å². The highest BCUT2D eigenvalue weighted by Gasteiger charge is 2.64. The Morgan fingerprint density at radius 1 is 1.05 bits per heavy atom. The van der Waals surface area contributed by atoms with Gasteiger partial charge in [-0.25, -0.2) is 22.0 Å². The third-order valence-corrected chi connectivity index (χ3v) is 7.66. The molecular weight excluding hydrogens is 515 g/mol. The number of fused-ring (bicyclic) bond motifs is 1. The standard InChI is InChI=1S/C25H23F5N4O4/c1-9-17(20(35)22(37)34-24(23(38)31-2)7-25(29,30)8-24)16(6-13-11-5-12(11)13)33-19(9)21(36)32-10-3-14(26)18(28)15(27)4-10/h3-4,11-13,33H,5-8H2,1-2H3,(H,31,38)(H,32,36)(H,34,37)/t11-,12?,13?/m1/s1. The largest absolute Gasteiger partial charge is 0.357 e. The molecule has 0 radical (unpaired) electrons. The first-order valence-corrected chi connectivity index (χ1v) is 11.9. The molecule has 3 saturated carbocycles. The molecule has 8 nitrogen and oxygen atoms in total. The van der Waals surface area contributed by atoms with E-state index in [9.17, 15) is 41.1 Å². The average Bonchev–Trinajstić information content (AvgIpc) is 3.72. The number of hydrogen-bond donors (Lipinski definition) is 4. The molecule has 13 heteroatoms. The van der Waals surface area contributed by atoms with Crippen LogP contribution in [0, 0.1) is 42.1 Å². The molecular formula is C25H23F5N4O4. The van der Waals surface area contributed by atoms with Gasteiger partial charge in [-0.2, -0.15) is 0 Å². The minimum Gasteiger partial charge on any atom is -0.357 e. The fraction of sp³-hybridized carbons (Fsp3) is 0.440. The summed E-state index contributed by atoms with van der Waals surface area (Å²) in [6.45, 7) is 1.38. The molecule has 3 atom stereocenters. The second-order valence-electron chi connectivity index (χ2n) is 10.3. The fourth-order valence-corrected chi connectivity index (χ4v) is 5.38. The quantitative estimate of drug-likeness (QED) is 0.179. The van der Waals surface area contributed by atoms with E-state index in [1.165, 1.54) is 14.0 Å². The number of alkyl halides is 2. The van der Waals surface area contributed by atoms with Crippen LogP contribution in [0.15, 0.2) is 12.1 Å². The Hall–Kier alpha value is -3.77. The molecule has 0 saturated heterocycles. The second-order valence-corrected chi connectivity index (χ2v) is 10.3. The molecule has 3 fully saturated rings. The lowest BCUT2D eigenvalue weighted by atomic mass is 9.72. The molecule has 3 aliphatic rings. The second kappa shape index (κ2) is 8.63. The van der Waals surface area contributed by atoms with Gasteiger partial charge in [-0.1, -0.05) is 0 Å². The molecule has 0 spiro atoms. The van der Waals surface area contributed by atoms with Gasteiger partial charge in [0.15, 0.2) is 17.5 Å². The van der Waals surface area contributed by atoms with E-state index in [4.69, 9.17) is 0 Å². The SMILES string of the molecule is CNC(=O)C1(NC(=O)C(=O)c2c(CC3C4C[C@@H]34)[nH]c(C(=O)Nc3cc(F)c(F)c(F)c3)c2C)CC(F)(F)C1. The van der Waals surface area contributed by atoms with Crippen molar-refractivity contribution in [2.45, 2.75) is 44.1 Å². The van der Waals surface area contributed by atoms with Crippen LogP contribution in [0.5, 0.6) is 0 Å². The van der Waals surface area contributed by atoms with Crippen molar-refractivity contribution in [3.05, 3.63) is 52.1 Å². The van der Waals surface area contributed by atoms with Gasteiger partial charge in [0.1, 0.15) is 11.2 Å². The number of aromatic amines is 1. The zero-order valence-electron chi connectivity index (χ0n) is 20.2. The first-order chi connectivity index (χ1) is 17.8. The van der Waals surface area contributed by atoms with Crippen molar-refractivity contribution in [2.75, 3.05) is 12.4 Å². The lowest BCUT2D eigenvalue weighted by molar-refractivity contribution is -0.164. The predicted octanol–water partition coefficient (Wildman–Crippen LogP) is 3.01. The summed E-state index contributed by atoms with van der Waals surface area (Å²) in [6, 6.07) is 1.17. The number of aromatic nitrogens is 1. The van der Waals surface area contributed by atoms with Crippen LogP contribution in [0.1, 0.15) is 51.4 Å². The number of H-pyrrole nitrogens is 1. The maximum absolute atomic E-state index is 13.6. The van der Waals surface area contributed by atoms with E-state index < -0.39 is 65.3 Å². The van der Waals surface area contributed by atoms with E-state index in [1.54, 1.807) is 0 Å². The van der Waals surface area contributed by atoms with E-state index >= 15 is 0 Å². The third kappa shape index (κ3) is 4.33. The number of Topliss-reactive ketones (excluding diaryl/α,β-unsaturated/α-hetero) is 1. The van der Waals surface area contributed by atoms with E-state index in [2.05, 4.69) is 20.9 Å². The summed E-state index contributed by atoms with van der Waals surface area (Å²) >= 11 is 0. The molecule has 202 valence electrons. The van der Waals surface area contributed by atoms with Crippen LogP contribution in [-0.2, 0) is 16.0 Å². The third-order valence-electron chi connectivity index (χ3n) is 7.66. The van der Waals surface area contributed by atoms with Crippen molar-refractivity contribution >= 4 is 29.2 Å². The van der Waals surface area contributed by atoms with Crippen LogP contribution in [0.25, 0.3) is 0 Å². The van der Waals surface area contributed by atoms with Crippen LogP contribution >= 0.6 is 0 Å². The number of carbonyl (C=O) groups excluding carboxylic acids is 4. The maximum Gasteiger partial charge on any atom is 0.293 e. The summed E-state index contributed by atoms with van der Waals surface area (Å²) in [7, 11) is 1.22. The van der Waals surface area contributed by atoms with Crippen molar-refractivity contribution in [3.63, 3.8) is 0 Å². The number of ketones is 1. The van der Waals surface area contributed by atoms with E-state index in [1.807, 2.05) is 0 Å². The van der Waals surface area contributed by atoms with Crippen molar-refractivity contribution in [1.82, 2.24) is 15.6 Å². The zero-order valence-corrected chi connectivity index (χ0v) is 20.2. The Labute approximate surface area is 212 Å². The van der Waals surface area contributed by atoms with E-state index in [-0.39, 0.29) is 34.1 Å². The highest BCUT2D eigenvalue weighted by atomic mass is 19.3.